The number of urea groups is 1. The number of halogens is 2. The molecule has 9 nitrogen and oxygen atoms in total. The number of hydrogen-bond donors (Lipinski definition) is 1. The zero-order chi connectivity index (χ0) is 22.4. The summed E-state index contributed by atoms with van der Waals surface area (Å²) in [5.41, 5.74) is -0.909. The maximum Gasteiger partial charge on any atom is 0.325 e. The number of rotatable bonds is 4. The van der Waals surface area contributed by atoms with Gasteiger partial charge in [-0.3, -0.25) is 14.5 Å². The number of nitrogens with zero attached hydrogens (tertiary/aromatic N) is 3. The van der Waals surface area contributed by atoms with Crippen LogP contribution in [0.15, 0.2) is 23.1 Å². The topological polar surface area (TPSA) is 107 Å². The lowest BCUT2D eigenvalue weighted by Gasteiger charge is -2.34. The van der Waals surface area contributed by atoms with Crippen molar-refractivity contribution in [3.8, 4) is 0 Å². The molecular weight excluding hydrogens is 434 g/mol. The minimum Gasteiger partial charge on any atom is -0.338 e. The Bertz CT molecular complexity index is 1010. The van der Waals surface area contributed by atoms with Gasteiger partial charge < -0.3 is 10.2 Å². The second-order valence-electron chi connectivity index (χ2n) is 7.95. The number of carbonyl (C=O) groups excluding carboxylic acids is 3. The summed E-state index contributed by atoms with van der Waals surface area (Å²) in [5.74, 6) is -3.26. The molecule has 2 saturated heterocycles. The van der Waals surface area contributed by atoms with Gasteiger partial charge in [-0.25, -0.2) is 22.0 Å². The minimum absolute atomic E-state index is 0.0249. The molecule has 1 saturated carbocycles. The van der Waals surface area contributed by atoms with Gasteiger partial charge in [0, 0.05) is 26.2 Å². The van der Waals surface area contributed by atoms with E-state index in [1.807, 2.05) is 0 Å². The minimum atomic E-state index is -4.41. The lowest BCUT2D eigenvalue weighted by atomic mass is 9.98. The highest BCUT2D eigenvalue weighted by Crippen LogP contribution is 2.35. The van der Waals surface area contributed by atoms with Crippen LogP contribution in [0.1, 0.15) is 25.7 Å². The maximum absolute atomic E-state index is 13.9. The van der Waals surface area contributed by atoms with Crippen LogP contribution in [0, 0.1) is 11.6 Å². The second-order valence-corrected chi connectivity index (χ2v) is 9.82. The van der Waals surface area contributed by atoms with Crippen molar-refractivity contribution in [3.05, 3.63) is 29.8 Å². The summed E-state index contributed by atoms with van der Waals surface area (Å²) in [6.07, 6.45) is 2.75. The van der Waals surface area contributed by atoms with E-state index in [4.69, 9.17) is 0 Å². The van der Waals surface area contributed by atoms with E-state index in [2.05, 4.69) is 5.32 Å². The van der Waals surface area contributed by atoms with Gasteiger partial charge in [-0.15, -0.1) is 0 Å². The molecule has 4 rings (SSSR count). The van der Waals surface area contributed by atoms with Gasteiger partial charge in [0.25, 0.3) is 5.91 Å². The first-order chi connectivity index (χ1) is 14.7. The standard InChI is InChI=1S/C19H22F2N4O5S/c20-13-4-3-5-14(21)16(13)31(29,30)24-10-8-23(9-11-24)15(26)12-25-17(27)19(22-18(25)28)6-1-2-7-19/h3-5H,1-2,6-12H2,(H,22,28). The second kappa shape index (κ2) is 7.83. The molecule has 0 unspecified atom stereocenters. The van der Waals surface area contributed by atoms with Crippen molar-refractivity contribution in [1.82, 2.24) is 19.4 Å². The van der Waals surface area contributed by atoms with E-state index in [0.717, 1.165) is 40.2 Å². The van der Waals surface area contributed by atoms with E-state index >= 15 is 0 Å². The van der Waals surface area contributed by atoms with E-state index in [1.54, 1.807) is 0 Å². The number of hydrogen-bond acceptors (Lipinski definition) is 5. The van der Waals surface area contributed by atoms with Crippen molar-refractivity contribution in [1.29, 1.82) is 0 Å². The molecule has 4 amide bonds. The average Bonchev–Trinajstić information content (AvgIpc) is 3.28. The van der Waals surface area contributed by atoms with Gasteiger partial charge in [-0.1, -0.05) is 18.9 Å². The summed E-state index contributed by atoms with van der Waals surface area (Å²) >= 11 is 0. The molecule has 1 N–H and O–H groups in total. The van der Waals surface area contributed by atoms with Gasteiger partial charge in [-0.2, -0.15) is 4.31 Å². The molecule has 1 spiro atoms. The molecule has 2 aliphatic heterocycles. The Morgan fingerprint density at radius 3 is 2.19 bits per heavy atom. The van der Waals surface area contributed by atoms with Gasteiger partial charge in [0.1, 0.15) is 23.7 Å². The number of carbonyl (C=O) groups is 3. The first kappa shape index (κ1) is 21.6. The van der Waals surface area contributed by atoms with Crippen LogP contribution >= 0.6 is 0 Å². The highest BCUT2D eigenvalue weighted by atomic mass is 32.2. The predicted octanol–water partition coefficient (Wildman–Crippen LogP) is 0.662. The predicted molar refractivity (Wildman–Crippen MR) is 103 cm³/mol. The van der Waals surface area contributed by atoms with Crippen molar-refractivity contribution >= 4 is 27.9 Å². The van der Waals surface area contributed by atoms with Crippen LogP contribution in [0.3, 0.4) is 0 Å². The molecule has 1 aromatic rings. The van der Waals surface area contributed by atoms with E-state index in [-0.39, 0.29) is 26.2 Å². The Labute approximate surface area is 178 Å². The molecule has 0 atom stereocenters. The van der Waals surface area contributed by atoms with Gasteiger partial charge in [0.2, 0.25) is 15.9 Å². The highest BCUT2D eigenvalue weighted by molar-refractivity contribution is 7.89. The molecule has 0 aromatic heterocycles. The molecule has 2 heterocycles. The largest absolute Gasteiger partial charge is 0.338 e. The van der Waals surface area contributed by atoms with Gasteiger partial charge in [0.05, 0.1) is 0 Å². The highest BCUT2D eigenvalue weighted by Gasteiger charge is 2.53. The van der Waals surface area contributed by atoms with Crippen molar-refractivity contribution in [2.45, 2.75) is 36.1 Å². The Morgan fingerprint density at radius 1 is 1.03 bits per heavy atom. The van der Waals surface area contributed by atoms with Crippen LogP contribution in [-0.2, 0) is 19.6 Å². The monoisotopic (exact) mass is 456 g/mol. The Balaban J connectivity index is 1.39. The van der Waals surface area contributed by atoms with E-state index in [1.165, 1.54) is 4.90 Å². The van der Waals surface area contributed by atoms with Crippen LogP contribution in [-0.4, -0.2) is 78.6 Å². The lowest BCUT2D eigenvalue weighted by Crippen LogP contribution is -2.53. The quantitative estimate of drug-likeness (QED) is 0.670. The van der Waals surface area contributed by atoms with Gasteiger partial charge in [0.15, 0.2) is 4.90 Å². The first-order valence-corrected chi connectivity index (χ1v) is 11.5. The Hall–Kier alpha value is -2.60. The van der Waals surface area contributed by atoms with Crippen LogP contribution in [0.5, 0.6) is 0 Å². The lowest BCUT2D eigenvalue weighted by molar-refractivity contribution is -0.139. The maximum atomic E-state index is 13.9. The van der Waals surface area contributed by atoms with Crippen molar-refractivity contribution in [2.24, 2.45) is 0 Å². The van der Waals surface area contributed by atoms with Crippen molar-refractivity contribution in [2.75, 3.05) is 32.7 Å². The third-order valence-corrected chi connectivity index (χ3v) is 8.06. The van der Waals surface area contributed by atoms with E-state index in [0.29, 0.717) is 12.8 Å². The van der Waals surface area contributed by atoms with Crippen molar-refractivity contribution < 1.29 is 31.6 Å². The molecule has 3 aliphatic rings. The van der Waals surface area contributed by atoms with Gasteiger partial charge in [-0.05, 0) is 25.0 Å². The number of imide groups is 1. The van der Waals surface area contributed by atoms with Crippen LogP contribution in [0.4, 0.5) is 13.6 Å². The molecule has 31 heavy (non-hydrogen) atoms. The van der Waals surface area contributed by atoms with Crippen LogP contribution < -0.4 is 5.32 Å². The molecule has 1 aromatic carbocycles. The summed E-state index contributed by atoms with van der Waals surface area (Å²) in [6, 6.07) is 2.21. The average molecular weight is 456 g/mol. The van der Waals surface area contributed by atoms with Crippen LogP contribution in [0.25, 0.3) is 0 Å². The molecule has 168 valence electrons. The Morgan fingerprint density at radius 2 is 1.61 bits per heavy atom. The smallest absolute Gasteiger partial charge is 0.325 e. The summed E-state index contributed by atoms with van der Waals surface area (Å²) in [4.78, 5) is 38.8. The SMILES string of the molecule is O=C(CN1C(=O)NC2(CCCC2)C1=O)N1CCN(S(=O)(=O)c2c(F)cccc2F)CC1. The molecule has 12 heteroatoms. The van der Waals surface area contributed by atoms with Gasteiger partial charge >= 0.3 is 6.03 Å². The summed E-state index contributed by atoms with van der Waals surface area (Å²) in [7, 11) is -4.41. The van der Waals surface area contributed by atoms with Crippen LogP contribution in [0.2, 0.25) is 0 Å². The number of piperazine rings is 1. The molecular formula is C19H22F2N4O5S. The summed E-state index contributed by atoms with van der Waals surface area (Å²) < 4.78 is 54.1. The fourth-order valence-corrected chi connectivity index (χ4v) is 5.94. The third kappa shape index (κ3) is 3.67. The number of benzene rings is 1. The molecule has 0 radical (unpaired) electrons. The number of nitrogens with one attached hydrogen (secondary N) is 1. The summed E-state index contributed by atoms with van der Waals surface area (Å²) in [6.45, 7) is -0.801. The normalized spacial score (nSPS) is 21.7. The zero-order valence-electron chi connectivity index (χ0n) is 16.6. The third-order valence-electron chi connectivity index (χ3n) is 6.10. The molecule has 3 fully saturated rings. The molecule has 0 bridgehead atoms. The molecule has 1 aliphatic carbocycles. The zero-order valence-corrected chi connectivity index (χ0v) is 17.5. The number of sulfonamides is 1. The summed E-state index contributed by atoms with van der Waals surface area (Å²) in [5, 5.41) is 2.70. The fourth-order valence-electron chi connectivity index (χ4n) is 4.41. The van der Waals surface area contributed by atoms with E-state index in [9.17, 15) is 31.6 Å². The first-order valence-electron chi connectivity index (χ1n) is 10.0. The number of amides is 4. The Kier molecular flexibility index (Phi) is 5.46. The fraction of sp³-hybridized carbons (Fsp3) is 0.526. The van der Waals surface area contributed by atoms with Crippen molar-refractivity contribution in [3.63, 3.8) is 0 Å². The van der Waals surface area contributed by atoms with E-state index < -0.39 is 56.5 Å².